The molecular weight excluding hydrogens is 228 g/mol. The lowest BCUT2D eigenvalue weighted by Crippen LogP contribution is -2.13. The Morgan fingerprint density at radius 2 is 2.25 bits per heavy atom. The van der Waals surface area contributed by atoms with Gasteiger partial charge in [-0.05, 0) is 30.7 Å². The van der Waals surface area contributed by atoms with E-state index in [1.165, 1.54) is 0 Å². The first-order valence-electron chi connectivity index (χ1n) is 5.09. The molecule has 1 aromatic rings. The van der Waals surface area contributed by atoms with Crippen LogP contribution in [0.1, 0.15) is 18.9 Å². The second-order valence-corrected chi connectivity index (χ2v) is 4.36. The number of aryl methyl sites for hydroxylation is 1. The molecule has 1 N–H and O–H groups in total. The first-order chi connectivity index (χ1) is 7.49. The van der Waals surface area contributed by atoms with Crippen LogP contribution in [0.15, 0.2) is 18.2 Å². The van der Waals surface area contributed by atoms with Crippen LogP contribution in [0.3, 0.4) is 0 Å². The van der Waals surface area contributed by atoms with Gasteiger partial charge in [-0.2, -0.15) is 0 Å². The zero-order valence-electron chi connectivity index (χ0n) is 9.37. The lowest BCUT2D eigenvalue weighted by atomic mass is 10.1. The Bertz CT molecular complexity index is 377. The van der Waals surface area contributed by atoms with Gasteiger partial charge < -0.3 is 9.84 Å². The molecule has 0 aliphatic carbocycles. The molecule has 0 aromatic heterocycles. The molecule has 0 saturated carbocycles. The number of carboxylic acid groups (broad SMARTS) is 1. The van der Waals surface area contributed by atoms with Gasteiger partial charge in [-0.1, -0.05) is 18.5 Å². The van der Waals surface area contributed by atoms with Crippen LogP contribution in [-0.2, 0) is 4.79 Å². The Labute approximate surface area is 100.0 Å². The molecule has 1 atom stereocenters. The normalized spacial score (nSPS) is 12.2. The lowest BCUT2D eigenvalue weighted by molar-refractivity contribution is -0.138. The molecule has 0 saturated heterocycles. The van der Waals surface area contributed by atoms with Crippen molar-refractivity contribution >= 4 is 17.6 Å². The van der Waals surface area contributed by atoms with Gasteiger partial charge in [-0.25, -0.2) is 0 Å². The summed E-state index contributed by atoms with van der Waals surface area (Å²) in [6.07, 6.45) is 0.118. The Balaban J connectivity index is 2.51. The average molecular weight is 243 g/mol. The van der Waals surface area contributed by atoms with Crippen LogP contribution in [-0.4, -0.2) is 17.7 Å². The summed E-state index contributed by atoms with van der Waals surface area (Å²) >= 11 is 5.82. The summed E-state index contributed by atoms with van der Waals surface area (Å²) in [5, 5.41) is 9.27. The van der Waals surface area contributed by atoms with Crippen molar-refractivity contribution in [2.75, 3.05) is 6.61 Å². The standard InChI is InChI=1S/C12H15ClO3/c1-8(5-12(14)15)7-16-11-4-3-10(13)6-9(11)2/h3-4,6,8H,5,7H2,1-2H3,(H,14,15). The van der Waals surface area contributed by atoms with E-state index in [1.807, 2.05) is 19.9 Å². The van der Waals surface area contributed by atoms with E-state index in [1.54, 1.807) is 12.1 Å². The van der Waals surface area contributed by atoms with Crippen LogP contribution in [0.2, 0.25) is 5.02 Å². The van der Waals surface area contributed by atoms with E-state index in [2.05, 4.69) is 0 Å². The van der Waals surface area contributed by atoms with Crippen LogP contribution in [0, 0.1) is 12.8 Å². The number of hydrogen-bond acceptors (Lipinski definition) is 2. The minimum atomic E-state index is -0.802. The fourth-order valence-corrected chi connectivity index (χ4v) is 1.59. The molecule has 0 spiro atoms. The van der Waals surface area contributed by atoms with Crippen molar-refractivity contribution < 1.29 is 14.6 Å². The van der Waals surface area contributed by atoms with E-state index in [9.17, 15) is 4.79 Å². The molecular formula is C12H15ClO3. The molecule has 4 heteroatoms. The first-order valence-corrected chi connectivity index (χ1v) is 5.47. The van der Waals surface area contributed by atoms with Gasteiger partial charge in [0.15, 0.2) is 0 Å². The predicted molar refractivity (Wildman–Crippen MR) is 63.1 cm³/mol. The van der Waals surface area contributed by atoms with Crippen molar-refractivity contribution in [2.24, 2.45) is 5.92 Å². The number of rotatable bonds is 5. The summed E-state index contributed by atoms with van der Waals surface area (Å²) in [4.78, 5) is 10.5. The molecule has 1 aromatic carbocycles. The third-order valence-corrected chi connectivity index (χ3v) is 2.42. The Morgan fingerprint density at radius 1 is 1.56 bits per heavy atom. The van der Waals surface area contributed by atoms with E-state index < -0.39 is 5.97 Å². The molecule has 0 fully saturated rings. The Hall–Kier alpha value is -1.22. The van der Waals surface area contributed by atoms with E-state index in [4.69, 9.17) is 21.4 Å². The van der Waals surface area contributed by atoms with Crippen molar-refractivity contribution in [2.45, 2.75) is 20.3 Å². The van der Waals surface area contributed by atoms with Crippen LogP contribution in [0.25, 0.3) is 0 Å². The van der Waals surface area contributed by atoms with Gasteiger partial charge >= 0.3 is 5.97 Å². The maximum Gasteiger partial charge on any atom is 0.303 e. The van der Waals surface area contributed by atoms with Crippen molar-refractivity contribution in [3.63, 3.8) is 0 Å². The van der Waals surface area contributed by atoms with E-state index in [-0.39, 0.29) is 12.3 Å². The van der Waals surface area contributed by atoms with Crippen molar-refractivity contribution in [3.8, 4) is 5.75 Å². The lowest BCUT2D eigenvalue weighted by Gasteiger charge is -2.13. The van der Waals surface area contributed by atoms with Gasteiger partial charge in [-0.3, -0.25) is 4.79 Å². The SMILES string of the molecule is Cc1cc(Cl)ccc1OCC(C)CC(=O)O. The third kappa shape index (κ3) is 4.11. The molecule has 16 heavy (non-hydrogen) atoms. The second kappa shape index (κ2) is 5.75. The molecule has 0 aliphatic rings. The molecule has 3 nitrogen and oxygen atoms in total. The topological polar surface area (TPSA) is 46.5 Å². The Kier molecular flexibility index (Phi) is 4.62. The predicted octanol–water partition coefficient (Wildman–Crippen LogP) is 3.14. The van der Waals surface area contributed by atoms with Gasteiger partial charge in [0.1, 0.15) is 5.75 Å². The van der Waals surface area contributed by atoms with E-state index in [0.29, 0.717) is 11.6 Å². The summed E-state index contributed by atoms with van der Waals surface area (Å²) in [5.74, 6) is -0.0573. The molecule has 88 valence electrons. The van der Waals surface area contributed by atoms with Gasteiger partial charge in [0.25, 0.3) is 0 Å². The second-order valence-electron chi connectivity index (χ2n) is 3.92. The van der Waals surface area contributed by atoms with Gasteiger partial charge in [-0.15, -0.1) is 0 Å². The van der Waals surface area contributed by atoms with Crippen LogP contribution in [0.4, 0.5) is 0 Å². The molecule has 0 amide bonds. The maximum atomic E-state index is 10.5. The van der Waals surface area contributed by atoms with E-state index in [0.717, 1.165) is 11.3 Å². The van der Waals surface area contributed by atoms with Crippen LogP contribution >= 0.6 is 11.6 Å². The molecule has 0 radical (unpaired) electrons. The number of ether oxygens (including phenoxy) is 1. The molecule has 1 rings (SSSR count). The molecule has 0 heterocycles. The number of carboxylic acids is 1. The highest BCUT2D eigenvalue weighted by Crippen LogP contribution is 2.22. The fraction of sp³-hybridized carbons (Fsp3) is 0.417. The highest BCUT2D eigenvalue weighted by atomic mass is 35.5. The molecule has 1 unspecified atom stereocenters. The molecule has 0 aliphatic heterocycles. The number of aliphatic carboxylic acids is 1. The van der Waals surface area contributed by atoms with Crippen LogP contribution in [0.5, 0.6) is 5.75 Å². The highest BCUT2D eigenvalue weighted by Gasteiger charge is 2.09. The third-order valence-electron chi connectivity index (χ3n) is 2.18. The summed E-state index contributed by atoms with van der Waals surface area (Å²) < 4.78 is 5.53. The minimum absolute atomic E-state index is 0.00687. The first kappa shape index (κ1) is 12.8. The van der Waals surface area contributed by atoms with Crippen LogP contribution < -0.4 is 4.74 Å². The summed E-state index contributed by atoms with van der Waals surface area (Å²) in [5.41, 5.74) is 0.954. The minimum Gasteiger partial charge on any atom is -0.493 e. The summed E-state index contributed by atoms with van der Waals surface area (Å²) in [7, 11) is 0. The zero-order valence-corrected chi connectivity index (χ0v) is 10.1. The van der Waals surface area contributed by atoms with Crippen molar-refractivity contribution in [1.29, 1.82) is 0 Å². The van der Waals surface area contributed by atoms with Gasteiger partial charge in [0.05, 0.1) is 13.0 Å². The quantitative estimate of drug-likeness (QED) is 0.863. The van der Waals surface area contributed by atoms with Gasteiger partial charge in [0, 0.05) is 10.9 Å². The number of hydrogen-bond donors (Lipinski definition) is 1. The molecule has 0 bridgehead atoms. The number of halogens is 1. The maximum absolute atomic E-state index is 10.5. The zero-order chi connectivity index (χ0) is 12.1. The summed E-state index contributed by atoms with van der Waals surface area (Å²) in [6, 6.07) is 5.37. The average Bonchev–Trinajstić information content (AvgIpc) is 2.15. The number of carbonyl (C=O) groups is 1. The Morgan fingerprint density at radius 3 is 2.81 bits per heavy atom. The fourth-order valence-electron chi connectivity index (χ4n) is 1.36. The van der Waals surface area contributed by atoms with Gasteiger partial charge in [0.2, 0.25) is 0 Å². The number of benzene rings is 1. The summed E-state index contributed by atoms with van der Waals surface area (Å²) in [6.45, 7) is 4.15. The van der Waals surface area contributed by atoms with Crippen molar-refractivity contribution in [3.05, 3.63) is 28.8 Å². The highest BCUT2D eigenvalue weighted by molar-refractivity contribution is 6.30. The van der Waals surface area contributed by atoms with Crippen molar-refractivity contribution in [1.82, 2.24) is 0 Å². The van der Waals surface area contributed by atoms with E-state index >= 15 is 0 Å². The largest absolute Gasteiger partial charge is 0.493 e. The smallest absolute Gasteiger partial charge is 0.303 e. The monoisotopic (exact) mass is 242 g/mol.